The first-order chi connectivity index (χ1) is 15.0. The molecule has 1 atom stereocenters. The monoisotopic (exact) mass is 422 g/mol. The van der Waals surface area contributed by atoms with E-state index < -0.39 is 0 Å². The molecule has 3 aliphatic rings. The van der Waals surface area contributed by atoms with Crippen LogP contribution >= 0.6 is 0 Å². The minimum Gasteiger partial charge on any atom is -0.486 e. The van der Waals surface area contributed by atoms with E-state index in [2.05, 4.69) is 0 Å². The summed E-state index contributed by atoms with van der Waals surface area (Å²) in [5, 5.41) is 0. The van der Waals surface area contributed by atoms with Crippen LogP contribution in [0.5, 0.6) is 11.5 Å². The fourth-order valence-corrected chi connectivity index (χ4v) is 4.62. The predicted molar refractivity (Wildman–Crippen MR) is 114 cm³/mol. The van der Waals surface area contributed by atoms with Crippen molar-refractivity contribution in [1.29, 1.82) is 0 Å². The van der Waals surface area contributed by atoms with Crippen molar-refractivity contribution in [3.63, 3.8) is 0 Å². The van der Waals surface area contributed by atoms with Crippen LogP contribution in [0.3, 0.4) is 0 Å². The first kappa shape index (κ1) is 19.8. The number of aryl methyl sites for hydroxylation is 1. The Morgan fingerprint density at radius 2 is 1.90 bits per heavy atom. The molecule has 8 nitrogen and oxygen atoms in total. The van der Waals surface area contributed by atoms with Crippen LogP contribution in [0.1, 0.15) is 59.2 Å². The molecule has 0 spiro atoms. The summed E-state index contributed by atoms with van der Waals surface area (Å²) in [6.07, 6.45) is 3.88. The number of benzene rings is 1. The maximum atomic E-state index is 13.5. The number of likely N-dealkylation sites (tertiary alicyclic amines) is 1. The lowest BCUT2D eigenvalue weighted by Crippen LogP contribution is -2.40. The minimum atomic E-state index is -0.219. The van der Waals surface area contributed by atoms with Gasteiger partial charge in [-0.3, -0.25) is 14.5 Å². The molecule has 3 aliphatic heterocycles. The van der Waals surface area contributed by atoms with Crippen molar-refractivity contribution in [3.8, 4) is 11.5 Å². The molecular weight excluding hydrogens is 396 g/mol. The minimum absolute atomic E-state index is 0.0596. The highest BCUT2D eigenvalue weighted by atomic mass is 16.6. The number of amides is 2. The third-order valence-electron chi connectivity index (χ3n) is 6.34. The third-order valence-corrected chi connectivity index (χ3v) is 6.34. The number of carbonyl (C=O) groups excluding carboxylic acids is 2. The summed E-state index contributed by atoms with van der Waals surface area (Å²) in [5.41, 5.74) is 2.47. The number of nitrogens with zero attached hydrogens (tertiary/aromatic N) is 4. The molecule has 1 fully saturated rings. The fraction of sp³-hybridized carbons (Fsp3) is 0.478. The van der Waals surface area contributed by atoms with Crippen molar-refractivity contribution in [2.45, 2.75) is 45.1 Å². The Kier molecular flexibility index (Phi) is 5.00. The van der Waals surface area contributed by atoms with Crippen LogP contribution in [0, 0.1) is 6.92 Å². The highest BCUT2D eigenvalue weighted by Gasteiger charge is 2.33. The lowest BCUT2D eigenvalue weighted by Gasteiger charge is -2.36. The summed E-state index contributed by atoms with van der Waals surface area (Å²) in [7, 11) is 1.76. The second-order valence-corrected chi connectivity index (χ2v) is 8.29. The van der Waals surface area contributed by atoms with E-state index >= 15 is 0 Å². The largest absolute Gasteiger partial charge is 0.486 e. The number of piperidine rings is 1. The van der Waals surface area contributed by atoms with Gasteiger partial charge in [-0.05, 0) is 50.8 Å². The SMILES string of the molecule is Cc1nc([C@@H]2CCCCN2C(=O)c2ccc3c(c2)OCCO3)nc2c1CCC(=O)N2C. The smallest absolute Gasteiger partial charge is 0.254 e. The first-order valence-electron chi connectivity index (χ1n) is 10.9. The van der Waals surface area contributed by atoms with Gasteiger partial charge in [-0.2, -0.15) is 0 Å². The van der Waals surface area contributed by atoms with Crippen LogP contribution < -0.4 is 14.4 Å². The van der Waals surface area contributed by atoms with E-state index in [0.29, 0.717) is 61.3 Å². The zero-order chi connectivity index (χ0) is 21.5. The van der Waals surface area contributed by atoms with E-state index in [1.54, 1.807) is 30.1 Å². The van der Waals surface area contributed by atoms with Crippen molar-refractivity contribution in [2.75, 3.05) is 31.7 Å². The van der Waals surface area contributed by atoms with Crippen molar-refractivity contribution < 1.29 is 19.1 Å². The quantitative estimate of drug-likeness (QED) is 0.740. The zero-order valence-electron chi connectivity index (χ0n) is 17.9. The molecule has 0 saturated carbocycles. The normalized spacial score (nSPS) is 20.5. The molecule has 1 saturated heterocycles. The van der Waals surface area contributed by atoms with E-state index in [1.165, 1.54) is 0 Å². The molecule has 0 radical (unpaired) electrons. The Balaban J connectivity index is 1.48. The number of hydrogen-bond donors (Lipinski definition) is 0. The average molecular weight is 422 g/mol. The molecule has 0 aliphatic carbocycles. The Hall–Kier alpha value is -3.16. The van der Waals surface area contributed by atoms with Gasteiger partial charge in [0.05, 0.1) is 6.04 Å². The first-order valence-corrected chi connectivity index (χ1v) is 10.9. The van der Waals surface area contributed by atoms with E-state index in [9.17, 15) is 9.59 Å². The van der Waals surface area contributed by atoms with Gasteiger partial charge in [-0.15, -0.1) is 0 Å². The second kappa shape index (κ2) is 7.83. The van der Waals surface area contributed by atoms with Gasteiger partial charge in [0.1, 0.15) is 19.0 Å². The summed E-state index contributed by atoms with van der Waals surface area (Å²) in [6, 6.07) is 5.12. The molecule has 1 aromatic heterocycles. The third kappa shape index (κ3) is 3.49. The molecule has 0 bridgehead atoms. The number of aromatic nitrogens is 2. The second-order valence-electron chi connectivity index (χ2n) is 8.29. The summed E-state index contributed by atoms with van der Waals surface area (Å²) in [4.78, 5) is 38.7. The lowest BCUT2D eigenvalue weighted by atomic mass is 9.98. The van der Waals surface area contributed by atoms with Crippen LogP contribution in [0.25, 0.3) is 0 Å². The van der Waals surface area contributed by atoms with Crippen molar-refractivity contribution in [3.05, 3.63) is 40.8 Å². The van der Waals surface area contributed by atoms with Crippen molar-refractivity contribution in [2.24, 2.45) is 0 Å². The van der Waals surface area contributed by atoms with Gasteiger partial charge in [0.25, 0.3) is 5.91 Å². The van der Waals surface area contributed by atoms with Gasteiger partial charge in [0.2, 0.25) is 5.91 Å². The number of ether oxygens (including phenoxy) is 2. The van der Waals surface area contributed by atoms with E-state index in [0.717, 1.165) is 30.5 Å². The summed E-state index contributed by atoms with van der Waals surface area (Å²) in [6.45, 7) is 3.60. The van der Waals surface area contributed by atoms with E-state index in [1.807, 2.05) is 11.8 Å². The Bertz CT molecular complexity index is 1050. The average Bonchev–Trinajstić information content (AvgIpc) is 2.80. The standard InChI is InChI=1S/C23H26N4O4/c1-14-16-7-9-20(28)26(2)22(16)25-21(24-14)17-5-3-4-10-27(17)23(29)15-6-8-18-19(13-15)31-12-11-30-18/h6,8,13,17H,3-5,7,9-12H2,1-2H3/t17-/m0/s1. The zero-order valence-corrected chi connectivity index (χ0v) is 17.9. The predicted octanol–water partition coefficient (Wildman–Crippen LogP) is 2.83. The van der Waals surface area contributed by atoms with Crippen LogP contribution in [-0.2, 0) is 11.2 Å². The molecule has 8 heteroatoms. The molecule has 1 aromatic carbocycles. The van der Waals surface area contributed by atoms with Gasteiger partial charge in [-0.25, -0.2) is 9.97 Å². The van der Waals surface area contributed by atoms with E-state index in [-0.39, 0.29) is 17.9 Å². The van der Waals surface area contributed by atoms with Crippen LogP contribution in [-0.4, -0.2) is 53.5 Å². The topological polar surface area (TPSA) is 84.9 Å². The van der Waals surface area contributed by atoms with Crippen molar-refractivity contribution >= 4 is 17.6 Å². The number of carbonyl (C=O) groups is 2. The number of anilines is 1. The Morgan fingerprint density at radius 1 is 1.10 bits per heavy atom. The molecule has 5 rings (SSSR count). The Morgan fingerprint density at radius 3 is 2.74 bits per heavy atom. The number of fused-ring (bicyclic) bond motifs is 2. The van der Waals surface area contributed by atoms with Crippen LogP contribution in [0.2, 0.25) is 0 Å². The van der Waals surface area contributed by atoms with Gasteiger partial charge >= 0.3 is 0 Å². The van der Waals surface area contributed by atoms with E-state index in [4.69, 9.17) is 19.4 Å². The fourth-order valence-electron chi connectivity index (χ4n) is 4.62. The molecule has 2 amide bonds. The number of hydrogen-bond acceptors (Lipinski definition) is 6. The van der Waals surface area contributed by atoms with Gasteiger partial charge in [0, 0.05) is 36.8 Å². The van der Waals surface area contributed by atoms with Crippen LogP contribution in [0.15, 0.2) is 18.2 Å². The maximum absolute atomic E-state index is 13.5. The molecule has 162 valence electrons. The highest BCUT2D eigenvalue weighted by Crippen LogP contribution is 2.36. The molecule has 31 heavy (non-hydrogen) atoms. The summed E-state index contributed by atoms with van der Waals surface area (Å²) >= 11 is 0. The molecule has 0 unspecified atom stereocenters. The Labute approximate surface area is 181 Å². The van der Waals surface area contributed by atoms with Crippen molar-refractivity contribution in [1.82, 2.24) is 14.9 Å². The molecule has 4 heterocycles. The van der Waals surface area contributed by atoms with Crippen LogP contribution in [0.4, 0.5) is 5.82 Å². The van der Waals surface area contributed by atoms with Gasteiger partial charge < -0.3 is 14.4 Å². The number of rotatable bonds is 2. The van der Waals surface area contributed by atoms with Gasteiger partial charge in [-0.1, -0.05) is 0 Å². The molecular formula is C23H26N4O4. The summed E-state index contributed by atoms with van der Waals surface area (Å²) < 4.78 is 11.2. The maximum Gasteiger partial charge on any atom is 0.254 e. The van der Waals surface area contributed by atoms with Gasteiger partial charge in [0.15, 0.2) is 17.3 Å². The molecule has 0 N–H and O–H groups in total. The summed E-state index contributed by atoms with van der Waals surface area (Å²) in [5.74, 6) is 2.56. The molecule has 2 aromatic rings. The lowest BCUT2D eigenvalue weighted by molar-refractivity contribution is -0.118. The highest BCUT2D eigenvalue weighted by molar-refractivity contribution is 5.96.